The molecule has 0 aliphatic rings. The average Bonchev–Trinajstić information content (AvgIpc) is 2.06. The van der Waals surface area contributed by atoms with Gasteiger partial charge in [0.2, 0.25) is 0 Å². The monoisotopic (exact) mass is 321 g/mol. The largest absolute Gasteiger partial charge is 1.00 e. The van der Waals surface area contributed by atoms with Crippen LogP contribution < -0.4 is 35.0 Å². The van der Waals surface area contributed by atoms with Gasteiger partial charge in [-0.15, -0.1) is 0 Å². The summed E-state index contributed by atoms with van der Waals surface area (Å²) in [6, 6.07) is 7.83. The first-order chi connectivity index (χ1) is 6.47. The van der Waals surface area contributed by atoms with Gasteiger partial charge < -0.3 is 39.5 Å². The highest BCUT2D eigenvalue weighted by molar-refractivity contribution is 5.51. The number of hydrogen-bond acceptors (Lipinski definition) is 2. The van der Waals surface area contributed by atoms with E-state index >= 15 is 0 Å². The highest BCUT2D eigenvalue weighted by Crippen LogP contribution is 2.09. The Labute approximate surface area is 109 Å². The third-order valence-corrected chi connectivity index (χ3v) is 2.02. The zero-order valence-corrected chi connectivity index (χ0v) is 11.8. The van der Waals surface area contributed by atoms with Crippen LogP contribution in [0.2, 0.25) is 0 Å². The molecule has 0 bridgehead atoms. The molecule has 0 heterocycles. The predicted molar refractivity (Wildman–Crippen MR) is 62.2 cm³/mol. The van der Waals surface area contributed by atoms with Gasteiger partial charge in [0.15, 0.2) is 0 Å². The predicted octanol–water partition coefficient (Wildman–Crippen LogP) is -1.61. The molecule has 0 spiro atoms. The van der Waals surface area contributed by atoms with Crippen LogP contribution in [0.3, 0.4) is 0 Å². The molecule has 0 atom stereocenters. The number of hydrogen-bond donors (Lipinski definition) is 2. The van der Waals surface area contributed by atoms with Crippen LogP contribution in [0.15, 0.2) is 24.3 Å². The fourth-order valence-corrected chi connectivity index (χ4v) is 1.14. The van der Waals surface area contributed by atoms with E-state index in [0.717, 1.165) is 28.9 Å². The number of anilines is 2. The van der Waals surface area contributed by atoms with Crippen LogP contribution in [0, 0.1) is 0 Å². The zero-order chi connectivity index (χ0) is 10.6. The van der Waals surface area contributed by atoms with Crippen molar-refractivity contribution in [2.45, 2.75) is 0 Å². The van der Waals surface area contributed by atoms with Crippen molar-refractivity contribution in [2.24, 2.45) is 0 Å². The molecule has 1 rings (SSSR count). The highest BCUT2D eigenvalue weighted by Gasteiger charge is 2.04. The molecule has 0 fully saturated rings. The SMILES string of the molecule is C[N+](C)(C)CCNc1ccc(N)cc1.[I-]. The molecule has 0 saturated heterocycles. The third kappa shape index (κ3) is 6.57. The lowest BCUT2D eigenvalue weighted by atomic mass is 10.3. The normalized spacial score (nSPS) is 10.6. The van der Waals surface area contributed by atoms with Crippen LogP contribution in [0.1, 0.15) is 0 Å². The minimum absolute atomic E-state index is 0. The molecule has 0 unspecified atom stereocenters. The van der Waals surface area contributed by atoms with Gasteiger partial charge in [-0.3, -0.25) is 0 Å². The van der Waals surface area contributed by atoms with Gasteiger partial charge in [0, 0.05) is 11.4 Å². The summed E-state index contributed by atoms with van der Waals surface area (Å²) in [4.78, 5) is 0. The van der Waals surface area contributed by atoms with Gasteiger partial charge in [0.1, 0.15) is 0 Å². The highest BCUT2D eigenvalue weighted by atomic mass is 127. The zero-order valence-electron chi connectivity index (χ0n) is 9.63. The Morgan fingerprint density at radius 2 is 1.67 bits per heavy atom. The van der Waals surface area contributed by atoms with Gasteiger partial charge in [0.25, 0.3) is 0 Å². The molecule has 0 radical (unpaired) electrons. The number of likely N-dealkylation sites (N-methyl/N-ethyl adjacent to an activating group) is 1. The van der Waals surface area contributed by atoms with E-state index in [4.69, 9.17) is 5.73 Å². The summed E-state index contributed by atoms with van der Waals surface area (Å²) >= 11 is 0. The molecule has 0 aromatic heterocycles. The lowest BCUT2D eigenvalue weighted by Crippen LogP contribution is -3.00. The molecule has 0 aliphatic heterocycles. The Hall–Kier alpha value is -0.490. The first kappa shape index (κ1) is 14.5. The molecule has 0 saturated carbocycles. The molecular formula is C11H20IN3. The maximum atomic E-state index is 5.59. The van der Waals surface area contributed by atoms with Crippen molar-refractivity contribution in [1.29, 1.82) is 0 Å². The van der Waals surface area contributed by atoms with Crippen LogP contribution in [-0.2, 0) is 0 Å². The summed E-state index contributed by atoms with van der Waals surface area (Å²) in [5.41, 5.74) is 7.53. The van der Waals surface area contributed by atoms with Crippen molar-refractivity contribution in [2.75, 3.05) is 45.3 Å². The van der Waals surface area contributed by atoms with E-state index < -0.39 is 0 Å². The van der Waals surface area contributed by atoms with Gasteiger partial charge >= 0.3 is 0 Å². The van der Waals surface area contributed by atoms with Crippen molar-refractivity contribution in [3.63, 3.8) is 0 Å². The standard InChI is InChI=1S/C11H20N3.HI/c1-14(2,3)9-8-13-11-6-4-10(12)5-7-11;/h4-7,13H,8-9,12H2,1-3H3;1H/q+1;/p-1. The maximum Gasteiger partial charge on any atom is 0.0955 e. The minimum atomic E-state index is 0. The van der Waals surface area contributed by atoms with Crippen LogP contribution in [0.5, 0.6) is 0 Å². The van der Waals surface area contributed by atoms with Crippen LogP contribution >= 0.6 is 0 Å². The van der Waals surface area contributed by atoms with E-state index in [9.17, 15) is 0 Å². The molecule has 15 heavy (non-hydrogen) atoms. The van der Waals surface area contributed by atoms with E-state index in [1.165, 1.54) is 0 Å². The van der Waals surface area contributed by atoms with Gasteiger partial charge in [-0.05, 0) is 24.3 Å². The number of quaternary nitrogens is 1. The summed E-state index contributed by atoms with van der Waals surface area (Å²) in [6.07, 6.45) is 0. The van der Waals surface area contributed by atoms with Gasteiger partial charge in [-0.2, -0.15) is 0 Å². The number of nitrogen functional groups attached to an aromatic ring is 1. The summed E-state index contributed by atoms with van der Waals surface area (Å²) in [7, 11) is 6.56. The Balaban J connectivity index is 0.00000196. The molecule has 86 valence electrons. The molecule has 0 amide bonds. The number of nitrogens with one attached hydrogen (secondary N) is 1. The van der Waals surface area contributed by atoms with Crippen molar-refractivity contribution >= 4 is 11.4 Å². The molecular weight excluding hydrogens is 301 g/mol. The number of rotatable bonds is 4. The lowest BCUT2D eigenvalue weighted by Gasteiger charge is -2.24. The third-order valence-electron chi connectivity index (χ3n) is 2.02. The van der Waals surface area contributed by atoms with Gasteiger partial charge in [0.05, 0.1) is 34.2 Å². The van der Waals surface area contributed by atoms with Crippen molar-refractivity contribution in [3.8, 4) is 0 Å². The first-order valence-corrected chi connectivity index (χ1v) is 4.87. The van der Waals surface area contributed by atoms with Crippen molar-refractivity contribution in [3.05, 3.63) is 24.3 Å². The number of nitrogens with two attached hydrogens (primary N) is 1. The topological polar surface area (TPSA) is 38.0 Å². The molecule has 1 aromatic carbocycles. The Morgan fingerprint density at radius 1 is 1.13 bits per heavy atom. The summed E-state index contributed by atoms with van der Waals surface area (Å²) in [5, 5.41) is 3.36. The van der Waals surface area contributed by atoms with Gasteiger partial charge in [-0.1, -0.05) is 0 Å². The summed E-state index contributed by atoms with van der Waals surface area (Å²) < 4.78 is 0.974. The first-order valence-electron chi connectivity index (χ1n) is 4.87. The Bertz CT molecular complexity index is 277. The van der Waals surface area contributed by atoms with Crippen LogP contribution in [0.4, 0.5) is 11.4 Å². The number of nitrogens with zero attached hydrogens (tertiary/aromatic N) is 1. The summed E-state index contributed by atoms with van der Waals surface area (Å²) in [5.74, 6) is 0. The van der Waals surface area contributed by atoms with Crippen molar-refractivity contribution < 1.29 is 28.5 Å². The van der Waals surface area contributed by atoms with Crippen molar-refractivity contribution in [1.82, 2.24) is 0 Å². The van der Waals surface area contributed by atoms with Crippen LogP contribution in [-0.4, -0.2) is 38.7 Å². The van der Waals surface area contributed by atoms with Crippen LogP contribution in [0.25, 0.3) is 0 Å². The van der Waals surface area contributed by atoms with E-state index in [2.05, 4.69) is 26.5 Å². The fourth-order valence-electron chi connectivity index (χ4n) is 1.14. The second kappa shape index (κ2) is 6.17. The number of halogens is 1. The second-order valence-electron chi connectivity index (χ2n) is 4.56. The van der Waals surface area contributed by atoms with E-state index in [0.29, 0.717) is 0 Å². The molecule has 1 aromatic rings. The number of benzene rings is 1. The fraction of sp³-hybridized carbons (Fsp3) is 0.455. The Kier molecular flexibility index (Phi) is 5.97. The maximum absolute atomic E-state index is 5.59. The molecule has 3 nitrogen and oxygen atoms in total. The van der Waals surface area contributed by atoms with E-state index in [1.807, 2.05) is 24.3 Å². The summed E-state index contributed by atoms with van der Waals surface area (Å²) in [6.45, 7) is 2.08. The molecule has 0 aliphatic carbocycles. The smallest absolute Gasteiger partial charge is 0.0955 e. The Morgan fingerprint density at radius 3 is 2.13 bits per heavy atom. The molecule has 3 N–H and O–H groups in total. The lowest BCUT2D eigenvalue weighted by molar-refractivity contribution is -0.868. The molecule has 4 heteroatoms. The second-order valence-corrected chi connectivity index (χ2v) is 4.56. The quantitative estimate of drug-likeness (QED) is 0.398. The van der Waals surface area contributed by atoms with E-state index in [1.54, 1.807) is 0 Å². The minimum Gasteiger partial charge on any atom is -1.00 e. The average molecular weight is 321 g/mol. The van der Waals surface area contributed by atoms with E-state index in [-0.39, 0.29) is 24.0 Å². The van der Waals surface area contributed by atoms with Gasteiger partial charge in [-0.25, -0.2) is 0 Å².